The highest BCUT2D eigenvalue weighted by atomic mass is 16.3. The summed E-state index contributed by atoms with van der Waals surface area (Å²) in [6, 6.07) is 0.482. The largest absolute Gasteiger partial charge is 0.388 e. The summed E-state index contributed by atoms with van der Waals surface area (Å²) in [6.45, 7) is 3.64. The van der Waals surface area contributed by atoms with Crippen molar-refractivity contribution in [3.8, 4) is 0 Å². The second-order valence-corrected chi connectivity index (χ2v) is 6.04. The van der Waals surface area contributed by atoms with Gasteiger partial charge in [0.15, 0.2) is 0 Å². The molecule has 0 spiro atoms. The fourth-order valence-electron chi connectivity index (χ4n) is 3.75. The van der Waals surface area contributed by atoms with Crippen molar-refractivity contribution in [3.63, 3.8) is 0 Å². The summed E-state index contributed by atoms with van der Waals surface area (Å²) in [5.41, 5.74) is 5.46. The number of likely N-dealkylation sites (N-methyl/N-ethyl adjacent to an activating group) is 1. The number of β-amino-alcohol motifs (C(OH)–C–C–N with tert-alkyl or cyclic N) is 1. The molecule has 1 aliphatic heterocycles. The van der Waals surface area contributed by atoms with Crippen molar-refractivity contribution in [1.82, 2.24) is 4.90 Å². The lowest BCUT2D eigenvalue weighted by molar-refractivity contribution is -0.0896. The van der Waals surface area contributed by atoms with Crippen LogP contribution in [0, 0.1) is 5.41 Å². The van der Waals surface area contributed by atoms with Crippen molar-refractivity contribution in [2.75, 3.05) is 20.1 Å². The lowest BCUT2D eigenvalue weighted by Crippen LogP contribution is -2.55. The van der Waals surface area contributed by atoms with Crippen molar-refractivity contribution < 1.29 is 5.11 Å². The van der Waals surface area contributed by atoms with Gasteiger partial charge in [-0.25, -0.2) is 0 Å². The van der Waals surface area contributed by atoms with Crippen LogP contribution in [0.1, 0.15) is 45.4 Å². The minimum atomic E-state index is -0.545. The van der Waals surface area contributed by atoms with Crippen LogP contribution in [0.25, 0.3) is 0 Å². The molecule has 2 aliphatic rings. The summed E-state index contributed by atoms with van der Waals surface area (Å²) in [7, 11) is 2.11. The Labute approximate surface area is 99.0 Å². The molecule has 16 heavy (non-hydrogen) atoms. The number of nitrogens with two attached hydrogens (primary N) is 1. The van der Waals surface area contributed by atoms with Crippen molar-refractivity contribution in [3.05, 3.63) is 0 Å². The molecular formula is C13H26N2O. The van der Waals surface area contributed by atoms with Gasteiger partial charge in [0.25, 0.3) is 0 Å². The number of nitrogens with zero attached hydrogens (tertiary/aromatic N) is 1. The molecule has 3 heteroatoms. The second-order valence-electron chi connectivity index (χ2n) is 6.04. The Morgan fingerprint density at radius 3 is 2.38 bits per heavy atom. The lowest BCUT2D eigenvalue weighted by Gasteiger charge is -2.47. The first kappa shape index (κ1) is 12.3. The van der Waals surface area contributed by atoms with Crippen molar-refractivity contribution in [2.45, 2.75) is 57.1 Å². The smallest absolute Gasteiger partial charge is 0.0856 e. The maximum absolute atomic E-state index is 11.0. The van der Waals surface area contributed by atoms with Crippen LogP contribution in [0.3, 0.4) is 0 Å². The standard InChI is InChI=1S/C13H26N2O/c1-11-8-13(16,10-15(11)2)12(9-14)6-4-3-5-7-12/h11,16H,3-10,14H2,1-2H3. The van der Waals surface area contributed by atoms with Gasteiger partial charge in [0.1, 0.15) is 0 Å². The third kappa shape index (κ3) is 1.79. The molecule has 0 radical (unpaired) electrons. The molecule has 2 fully saturated rings. The average molecular weight is 226 g/mol. The SMILES string of the molecule is CC1CC(O)(C2(CN)CCCCC2)CN1C. The Hall–Kier alpha value is -0.120. The van der Waals surface area contributed by atoms with Crippen LogP contribution in [-0.2, 0) is 0 Å². The number of rotatable bonds is 2. The van der Waals surface area contributed by atoms with E-state index in [9.17, 15) is 5.11 Å². The number of hydrogen-bond acceptors (Lipinski definition) is 3. The van der Waals surface area contributed by atoms with Crippen LogP contribution in [-0.4, -0.2) is 41.8 Å². The summed E-state index contributed by atoms with van der Waals surface area (Å²) in [5.74, 6) is 0. The van der Waals surface area contributed by atoms with E-state index >= 15 is 0 Å². The summed E-state index contributed by atoms with van der Waals surface area (Å²) in [6.07, 6.45) is 6.89. The van der Waals surface area contributed by atoms with Gasteiger partial charge in [0, 0.05) is 24.5 Å². The zero-order valence-electron chi connectivity index (χ0n) is 10.7. The van der Waals surface area contributed by atoms with Gasteiger partial charge in [-0.3, -0.25) is 0 Å². The second kappa shape index (κ2) is 4.28. The van der Waals surface area contributed by atoms with Gasteiger partial charge >= 0.3 is 0 Å². The van der Waals surface area contributed by atoms with Gasteiger partial charge in [-0.05, 0) is 33.2 Å². The molecule has 2 rings (SSSR count). The first-order chi connectivity index (χ1) is 7.53. The monoisotopic (exact) mass is 226 g/mol. The van der Waals surface area contributed by atoms with E-state index < -0.39 is 5.60 Å². The van der Waals surface area contributed by atoms with Crippen LogP contribution in [0.15, 0.2) is 0 Å². The van der Waals surface area contributed by atoms with E-state index in [1.165, 1.54) is 19.3 Å². The number of likely N-dealkylation sites (tertiary alicyclic amines) is 1. The lowest BCUT2D eigenvalue weighted by atomic mass is 9.62. The van der Waals surface area contributed by atoms with E-state index in [1.54, 1.807) is 0 Å². The molecule has 1 saturated carbocycles. The Bertz CT molecular complexity index is 238. The molecule has 0 aromatic carbocycles. The van der Waals surface area contributed by atoms with Gasteiger partial charge in [-0.1, -0.05) is 19.3 Å². The normalized spacial score (nSPS) is 40.1. The van der Waals surface area contributed by atoms with E-state index in [2.05, 4.69) is 18.9 Å². The van der Waals surface area contributed by atoms with E-state index in [4.69, 9.17) is 5.73 Å². The first-order valence-corrected chi connectivity index (χ1v) is 6.66. The van der Waals surface area contributed by atoms with E-state index in [-0.39, 0.29) is 5.41 Å². The predicted molar refractivity (Wildman–Crippen MR) is 66.2 cm³/mol. The highest BCUT2D eigenvalue weighted by molar-refractivity contribution is 5.07. The van der Waals surface area contributed by atoms with Crippen molar-refractivity contribution >= 4 is 0 Å². The van der Waals surface area contributed by atoms with Crippen molar-refractivity contribution in [1.29, 1.82) is 0 Å². The molecule has 3 N–H and O–H groups in total. The van der Waals surface area contributed by atoms with Crippen LogP contribution in [0.4, 0.5) is 0 Å². The van der Waals surface area contributed by atoms with Crippen LogP contribution in [0.5, 0.6) is 0 Å². The quantitative estimate of drug-likeness (QED) is 0.747. The molecule has 3 nitrogen and oxygen atoms in total. The summed E-state index contributed by atoms with van der Waals surface area (Å²) in [4.78, 5) is 2.27. The summed E-state index contributed by atoms with van der Waals surface area (Å²) >= 11 is 0. The van der Waals surface area contributed by atoms with Gasteiger partial charge in [-0.2, -0.15) is 0 Å². The van der Waals surface area contributed by atoms with Gasteiger partial charge in [0.2, 0.25) is 0 Å². The van der Waals surface area contributed by atoms with E-state index in [0.717, 1.165) is 25.8 Å². The topological polar surface area (TPSA) is 49.5 Å². The first-order valence-electron chi connectivity index (χ1n) is 6.66. The molecule has 1 aliphatic carbocycles. The van der Waals surface area contributed by atoms with E-state index in [1.807, 2.05) is 0 Å². The highest BCUT2D eigenvalue weighted by Gasteiger charge is 2.53. The van der Waals surface area contributed by atoms with Crippen LogP contribution < -0.4 is 5.73 Å². The molecule has 1 heterocycles. The molecule has 1 saturated heterocycles. The summed E-state index contributed by atoms with van der Waals surface area (Å²) in [5, 5.41) is 11.0. The molecule has 94 valence electrons. The molecular weight excluding hydrogens is 200 g/mol. The maximum Gasteiger partial charge on any atom is 0.0856 e. The minimum Gasteiger partial charge on any atom is -0.388 e. The molecule has 2 unspecified atom stereocenters. The molecule has 0 bridgehead atoms. The zero-order valence-corrected chi connectivity index (χ0v) is 10.7. The zero-order chi connectivity index (χ0) is 11.8. The van der Waals surface area contributed by atoms with Crippen molar-refractivity contribution in [2.24, 2.45) is 11.1 Å². The van der Waals surface area contributed by atoms with E-state index in [0.29, 0.717) is 12.6 Å². The third-order valence-electron chi connectivity index (χ3n) is 5.09. The molecule has 2 atom stereocenters. The van der Waals surface area contributed by atoms with Crippen LogP contribution in [0.2, 0.25) is 0 Å². The van der Waals surface area contributed by atoms with Gasteiger partial charge in [0.05, 0.1) is 5.60 Å². The summed E-state index contributed by atoms with van der Waals surface area (Å²) < 4.78 is 0. The fraction of sp³-hybridized carbons (Fsp3) is 1.00. The maximum atomic E-state index is 11.0. The van der Waals surface area contributed by atoms with Crippen LogP contribution >= 0.6 is 0 Å². The molecule has 0 aromatic heterocycles. The Morgan fingerprint density at radius 2 is 1.94 bits per heavy atom. The number of hydrogen-bond donors (Lipinski definition) is 2. The molecule has 0 amide bonds. The third-order valence-corrected chi connectivity index (χ3v) is 5.09. The van der Waals surface area contributed by atoms with Gasteiger partial charge in [-0.15, -0.1) is 0 Å². The Balaban J connectivity index is 2.20. The minimum absolute atomic E-state index is 0.00965. The predicted octanol–water partition coefficient (Wildman–Crippen LogP) is 1.35. The number of aliphatic hydroxyl groups is 1. The average Bonchev–Trinajstić information content (AvgIpc) is 2.55. The Kier molecular flexibility index (Phi) is 3.30. The highest BCUT2D eigenvalue weighted by Crippen LogP contribution is 2.49. The van der Waals surface area contributed by atoms with Gasteiger partial charge < -0.3 is 15.7 Å². The fourth-order valence-corrected chi connectivity index (χ4v) is 3.75. The Morgan fingerprint density at radius 1 is 1.31 bits per heavy atom. The molecule has 0 aromatic rings.